The van der Waals surface area contributed by atoms with Gasteiger partial charge in [0.25, 0.3) is 5.91 Å². The number of benzene rings is 1. The Morgan fingerprint density at radius 2 is 1.83 bits per heavy atom. The second kappa shape index (κ2) is 8.29. The van der Waals surface area contributed by atoms with E-state index in [1.807, 2.05) is 52.0 Å². The number of nitrogens with zero attached hydrogens (tertiary/aromatic N) is 2. The Morgan fingerprint density at radius 3 is 2.46 bits per heavy atom. The molecule has 2 aromatic rings. The maximum absolute atomic E-state index is 11.9. The molecule has 0 radical (unpaired) electrons. The lowest BCUT2D eigenvalue weighted by atomic mass is 10.2. The number of rotatable bonds is 7. The first kappa shape index (κ1) is 17.7. The summed E-state index contributed by atoms with van der Waals surface area (Å²) in [5.41, 5.74) is 1.10. The molecule has 1 amide bonds. The third-order valence-electron chi connectivity index (χ3n) is 3.08. The number of para-hydroxylation sites is 2. The predicted molar refractivity (Wildman–Crippen MR) is 94.7 cm³/mol. The van der Waals surface area contributed by atoms with Crippen molar-refractivity contribution in [3.63, 3.8) is 0 Å². The SMILES string of the molecule is CC(C)CNC(=O)c1ccc(Nc2ccccc2OC(C)C)nn1. The van der Waals surface area contributed by atoms with E-state index in [1.165, 1.54) is 0 Å². The summed E-state index contributed by atoms with van der Waals surface area (Å²) in [7, 11) is 0. The van der Waals surface area contributed by atoms with Gasteiger partial charge in [0.2, 0.25) is 0 Å². The third kappa shape index (κ3) is 5.22. The van der Waals surface area contributed by atoms with Crippen LogP contribution in [-0.4, -0.2) is 28.8 Å². The zero-order valence-corrected chi connectivity index (χ0v) is 14.5. The maximum Gasteiger partial charge on any atom is 0.271 e. The summed E-state index contributed by atoms with van der Waals surface area (Å²) in [5.74, 6) is 1.47. The minimum Gasteiger partial charge on any atom is -0.489 e. The van der Waals surface area contributed by atoms with Crippen LogP contribution in [0.15, 0.2) is 36.4 Å². The summed E-state index contributed by atoms with van der Waals surface area (Å²) in [6.45, 7) is 8.63. The van der Waals surface area contributed by atoms with Crippen LogP contribution < -0.4 is 15.4 Å². The number of hydrogen-bond acceptors (Lipinski definition) is 5. The van der Waals surface area contributed by atoms with Crippen LogP contribution in [0.1, 0.15) is 38.2 Å². The summed E-state index contributed by atoms with van der Waals surface area (Å²) in [6, 6.07) is 11.0. The van der Waals surface area contributed by atoms with Crippen LogP contribution in [-0.2, 0) is 0 Å². The monoisotopic (exact) mass is 328 g/mol. The Labute approximate surface area is 142 Å². The first-order chi connectivity index (χ1) is 11.5. The molecule has 24 heavy (non-hydrogen) atoms. The summed E-state index contributed by atoms with van der Waals surface area (Å²) in [4.78, 5) is 11.9. The fourth-order valence-corrected chi connectivity index (χ4v) is 1.97. The highest BCUT2D eigenvalue weighted by atomic mass is 16.5. The topological polar surface area (TPSA) is 76.1 Å². The van der Waals surface area contributed by atoms with Crippen LogP contribution in [0, 0.1) is 5.92 Å². The lowest BCUT2D eigenvalue weighted by Crippen LogP contribution is -2.28. The van der Waals surface area contributed by atoms with Crippen LogP contribution in [0.4, 0.5) is 11.5 Å². The molecule has 1 aromatic heterocycles. The molecule has 0 atom stereocenters. The summed E-state index contributed by atoms with van der Waals surface area (Å²) < 4.78 is 5.76. The van der Waals surface area contributed by atoms with Gasteiger partial charge in [-0.05, 0) is 44.0 Å². The van der Waals surface area contributed by atoms with Gasteiger partial charge in [0.05, 0.1) is 11.8 Å². The summed E-state index contributed by atoms with van der Waals surface area (Å²) in [6.07, 6.45) is 0.0751. The Balaban J connectivity index is 2.05. The second-order valence-electron chi connectivity index (χ2n) is 6.20. The van der Waals surface area contributed by atoms with Crippen molar-refractivity contribution in [3.05, 3.63) is 42.1 Å². The molecule has 128 valence electrons. The molecule has 0 aliphatic carbocycles. The van der Waals surface area contributed by atoms with Crippen LogP contribution in [0.2, 0.25) is 0 Å². The standard InChI is InChI=1S/C18H24N4O2/c1-12(2)11-19-18(23)15-9-10-17(22-21-15)20-14-7-5-6-8-16(14)24-13(3)4/h5-10,12-13H,11H2,1-4H3,(H,19,23)(H,20,22). The van der Waals surface area contributed by atoms with Crippen molar-refractivity contribution in [2.75, 3.05) is 11.9 Å². The molecule has 0 unspecified atom stereocenters. The second-order valence-corrected chi connectivity index (χ2v) is 6.20. The molecule has 2 rings (SSSR count). The van der Waals surface area contributed by atoms with Gasteiger partial charge in [0.1, 0.15) is 5.75 Å². The van der Waals surface area contributed by atoms with E-state index >= 15 is 0 Å². The molecule has 0 saturated heterocycles. The molecule has 0 fully saturated rings. The molecule has 0 aliphatic heterocycles. The van der Waals surface area contributed by atoms with Crippen molar-refractivity contribution >= 4 is 17.4 Å². The van der Waals surface area contributed by atoms with Crippen molar-refractivity contribution in [1.82, 2.24) is 15.5 Å². The summed E-state index contributed by atoms with van der Waals surface area (Å²) >= 11 is 0. The van der Waals surface area contributed by atoms with E-state index in [0.717, 1.165) is 11.4 Å². The zero-order chi connectivity index (χ0) is 17.5. The van der Waals surface area contributed by atoms with Crippen LogP contribution in [0.5, 0.6) is 5.75 Å². The van der Waals surface area contributed by atoms with Gasteiger partial charge >= 0.3 is 0 Å². The fourth-order valence-electron chi connectivity index (χ4n) is 1.97. The van der Waals surface area contributed by atoms with E-state index < -0.39 is 0 Å². The average molecular weight is 328 g/mol. The molecule has 1 aromatic carbocycles. The molecule has 0 spiro atoms. The van der Waals surface area contributed by atoms with E-state index in [2.05, 4.69) is 20.8 Å². The number of ether oxygens (including phenoxy) is 1. The molecular weight excluding hydrogens is 304 g/mol. The highest BCUT2D eigenvalue weighted by Crippen LogP contribution is 2.27. The van der Waals surface area contributed by atoms with E-state index in [9.17, 15) is 4.79 Å². The number of anilines is 2. The van der Waals surface area contributed by atoms with Gasteiger partial charge in [-0.2, -0.15) is 0 Å². The number of amides is 1. The Kier molecular flexibility index (Phi) is 6.12. The van der Waals surface area contributed by atoms with Gasteiger partial charge in [-0.3, -0.25) is 4.79 Å². The molecule has 0 aliphatic rings. The van der Waals surface area contributed by atoms with Gasteiger partial charge in [0.15, 0.2) is 11.5 Å². The van der Waals surface area contributed by atoms with Gasteiger partial charge in [-0.15, -0.1) is 10.2 Å². The highest BCUT2D eigenvalue weighted by molar-refractivity contribution is 5.92. The number of hydrogen-bond donors (Lipinski definition) is 2. The Bertz CT molecular complexity index is 669. The third-order valence-corrected chi connectivity index (χ3v) is 3.08. The lowest BCUT2D eigenvalue weighted by Gasteiger charge is -2.14. The molecule has 6 heteroatoms. The Morgan fingerprint density at radius 1 is 1.08 bits per heavy atom. The van der Waals surface area contributed by atoms with Crippen molar-refractivity contribution in [2.24, 2.45) is 5.92 Å². The van der Waals surface area contributed by atoms with Crippen LogP contribution in [0.3, 0.4) is 0 Å². The lowest BCUT2D eigenvalue weighted by molar-refractivity contribution is 0.0943. The number of aromatic nitrogens is 2. The highest BCUT2D eigenvalue weighted by Gasteiger charge is 2.10. The van der Waals surface area contributed by atoms with E-state index in [-0.39, 0.29) is 12.0 Å². The minimum absolute atomic E-state index is 0.0751. The minimum atomic E-state index is -0.216. The molecule has 6 nitrogen and oxygen atoms in total. The van der Waals surface area contributed by atoms with Gasteiger partial charge in [-0.1, -0.05) is 26.0 Å². The quantitative estimate of drug-likeness (QED) is 0.815. The first-order valence-electron chi connectivity index (χ1n) is 8.10. The molecule has 2 N–H and O–H groups in total. The largest absolute Gasteiger partial charge is 0.489 e. The predicted octanol–water partition coefficient (Wildman–Crippen LogP) is 3.39. The van der Waals surface area contributed by atoms with E-state index in [1.54, 1.807) is 12.1 Å². The number of carbonyl (C=O) groups is 1. The van der Waals surface area contributed by atoms with Gasteiger partial charge in [-0.25, -0.2) is 0 Å². The first-order valence-corrected chi connectivity index (χ1v) is 8.10. The van der Waals surface area contributed by atoms with Crippen molar-refractivity contribution in [3.8, 4) is 5.75 Å². The molecular formula is C18H24N4O2. The van der Waals surface area contributed by atoms with E-state index in [4.69, 9.17) is 4.74 Å². The Hall–Kier alpha value is -2.63. The van der Waals surface area contributed by atoms with Gasteiger partial charge in [0, 0.05) is 6.54 Å². The number of carbonyl (C=O) groups excluding carboxylic acids is 1. The molecule has 0 bridgehead atoms. The van der Waals surface area contributed by atoms with Crippen molar-refractivity contribution < 1.29 is 9.53 Å². The zero-order valence-electron chi connectivity index (χ0n) is 14.5. The van der Waals surface area contributed by atoms with Crippen molar-refractivity contribution in [1.29, 1.82) is 0 Å². The van der Waals surface area contributed by atoms with Gasteiger partial charge < -0.3 is 15.4 Å². The van der Waals surface area contributed by atoms with Crippen molar-refractivity contribution in [2.45, 2.75) is 33.8 Å². The molecule has 0 saturated carbocycles. The average Bonchev–Trinajstić information content (AvgIpc) is 2.54. The smallest absolute Gasteiger partial charge is 0.271 e. The molecule has 1 heterocycles. The van der Waals surface area contributed by atoms with Crippen LogP contribution in [0.25, 0.3) is 0 Å². The fraction of sp³-hybridized carbons (Fsp3) is 0.389. The number of nitrogens with one attached hydrogen (secondary N) is 2. The normalized spacial score (nSPS) is 10.8. The summed E-state index contributed by atoms with van der Waals surface area (Å²) in [5, 5.41) is 14.0. The van der Waals surface area contributed by atoms with E-state index in [0.29, 0.717) is 24.0 Å². The maximum atomic E-state index is 11.9. The van der Waals surface area contributed by atoms with Crippen LogP contribution >= 0.6 is 0 Å².